The highest BCUT2D eigenvalue weighted by Gasteiger charge is 2.28. The van der Waals surface area contributed by atoms with Gasteiger partial charge in [0.25, 0.3) is 5.91 Å². The zero-order valence-corrected chi connectivity index (χ0v) is 13.4. The number of nitrogens with one attached hydrogen (secondary N) is 1. The summed E-state index contributed by atoms with van der Waals surface area (Å²) in [6, 6.07) is 2.04. The summed E-state index contributed by atoms with van der Waals surface area (Å²) in [6.45, 7) is 5.09. The van der Waals surface area contributed by atoms with Crippen LogP contribution in [0.3, 0.4) is 0 Å². The Bertz CT molecular complexity index is 699. The minimum absolute atomic E-state index is 0.132. The van der Waals surface area contributed by atoms with E-state index in [-0.39, 0.29) is 17.5 Å². The normalized spacial score (nSPS) is 18.5. The first-order chi connectivity index (χ1) is 10.5. The van der Waals surface area contributed by atoms with E-state index >= 15 is 0 Å². The van der Waals surface area contributed by atoms with Gasteiger partial charge in [-0.15, -0.1) is 0 Å². The number of piperidine rings is 1. The standard InChI is InChI=1S/C15H18ClN5O/c1-9-6-13(20-19-9)11-4-3-5-21(8-11)15(22)14-12(16)7-17-10(2)18-14/h6-7,11H,3-5,8H2,1-2H3,(H,19,20). The number of rotatable bonds is 2. The molecule has 1 amide bonds. The number of carbonyl (C=O) groups is 1. The van der Waals surface area contributed by atoms with Crippen LogP contribution in [0.1, 0.15) is 46.5 Å². The zero-order chi connectivity index (χ0) is 15.7. The molecule has 0 spiro atoms. The topological polar surface area (TPSA) is 74.8 Å². The van der Waals surface area contributed by atoms with Crippen molar-refractivity contribution >= 4 is 17.5 Å². The molecule has 1 fully saturated rings. The molecule has 0 bridgehead atoms. The fourth-order valence-electron chi connectivity index (χ4n) is 2.81. The second-order valence-electron chi connectivity index (χ2n) is 5.68. The van der Waals surface area contributed by atoms with Gasteiger partial charge in [0, 0.05) is 24.7 Å². The number of aryl methyl sites for hydroxylation is 2. The van der Waals surface area contributed by atoms with Crippen LogP contribution in [0.2, 0.25) is 5.02 Å². The zero-order valence-electron chi connectivity index (χ0n) is 12.6. The Morgan fingerprint density at radius 1 is 1.45 bits per heavy atom. The van der Waals surface area contributed by atoms with E-state index < -0.39 is 0 Å². The second-order valence-corrected chi connectivity index (χ2v) is 6.09. The first-order valence-electron chi connectivity index (χ1n) is 7.35. The van der Waals surface area contributed by atoms with Crippen molar-refractivity contribution in [1.29, 1.82) is 0 Å². The predicted octanol–water partition coefficient (Wildman–Crippen LogP) is 2.49. The number of carbonyl (C=O) groups excluding carboxylic acids is 1. The number of likely N-dealkylation sites (tertiary alicyclic amines) is 1. The van der Waals surface area contributed by atoms with Gasteiger partial charge in [-0.3, -0.25) is 9.89 Å². The molecule has 1 unspecified atom stereocenters. The Morgan fingerprint density at radius 3 is 3.00 bits per heavy atom. The van der Waals surface area contributed by atoms with Gasteiger partial charge < -0.3 is 4.90 Å². The largest absolute Gasteiger partial charge is 0.337 e. The third-order valence-electron chi connectivity index (χ3n) is 3.92. The number of nitrogens with zero attached hydrogens (tertiary/aromatic N) is 4. The van der Waals surface area contributed by atoms with Crippen molar-refractivity contribution in [3.63, 3.8) is 0 Å². The highest BCUT2D eigenvalue weighted by molar-refractivity contribution is 6.33. The summed E-state index contributed by atoms with van der Waals surface area (Å²) in [5, 5.41) is 7.59. The summed E-state index contributed by atoms with van der Waals surface area (Å²) in [7, 11) is 0. The fraction of sp³-hybridized carbons (Fsp3) is 0.467. The van der Waals surface area contributed by atoms with E-state index in [1.54, 1.807) is 6.92 Å². The molecule has 7 heteroatoms. The highest BCUT2D eigenvalue weighted by atomic mass is 35.5. The van der Waals surface area contributed by atoms with Gasteiger partial charge >= 0.3 is 0 Å². The second kappa shape index (κ2) is 6.04. The molecule has 1 aliphatic rings. The Kier molecular flexibility index (Phi) is 4.11. The number of hydrogen-bond donors (Lipinski definition) is 1. The monoisotopic (exact) mass is 319 g/mol. The van der Waals surface area contributed by atoms with E-state index in [1.165, 1.54) is 6.20 Å². The number of hydrogen-bond acceptors (Lipinski definition) is 4. The number of halogens is 1. The minimum atomic E-state index is -0.132. The Hall–Kier alpha value is -1.95. The summed E-state index contributed by atoms with van der Waals surface area (Å²) in [5.74, 6) is 0.668. The molecule has 2 aromatic heterocycles. The lowest BCUT2D eigenvalue weighted by atomic mass is 9.94. The summed E-state index contributed by atoms with van der Waals surface area (Å²) in [6.07, 6.45) is 3.46. The third kappa shape index (κ3) is 2.97. The summed E-state index contributed by atoms with van der Waals surface area (Å²) in [5.41, 5.74) is 2.33. The molecule has 1 atom stereocenters. The predicted molar refractivity (Wildman–Crippen MR) is 83.0 cm³/mol. The van der Waals surface area contributed by atoms with Crippen LogP contribution in [0.25, 0.3) is 0 Å². The van der Waals surface area contributed by atoms with Gasteiger partial charge in [0.2, 0.25) is 0 Å². The van der Waals surface area contributed by atoms with Crippen molar-refractivity contribution in [2.45, 2.75) is 32.6 Å². The van der Waals surface area contributed by atoms with Crippen LogP contribution in [0.4, 0.5) is 0 Å². The number of amides is 1. The lowest BCUT2D eigenvalue weighted by molar-refractivity contribution is 0.0699. The van der Waals surface area contributed by atoms with Gasteiger partial charge in [0.15, 0.2) is 5.69 Å². The van der Waals surface area contributed by atoms with Crippen LogP contribution in [-0.2, 0) is 0 Å². The molecule has 3 heterocycles. The van der Waals surface area contributed by atoms with Crippen LogP contribution in [0.15, 0.2) is 12.3 Å². The molecular weight excluding hydrogens is 302 g/mol. The molecule has 6 nitrogen and oxygen atoms in total. The van der Waals surface area contributed by atoms with Crippen LogP contribution in [0.5, 0.6) is 0 Å². The maximum absolute atomic E-state index is 12.7. The molecule has 1 N–H and O–H groups in total. The van der Waals surface area contributed by atoms with Crippen LogP contribution < -0.4 is 0 Å². The molecule has 0 aliphatic carbocycles. The summed E-state index contributed by atoms with van der Waals surface area (Å²) < 4.78 is 0. The van der Waals surface area contributed by atoms with E-state index in [0.29, 0.717) is 17.4 Å². The maximum atomic E-state index is 12.7. The van der Waals surface area contributed by atoms with Crippen molar-refractivity contribution in [2.75, 3.05) is 13.1 Å². The van der Waals surface area contributed by atoms with Gasteiger partial charge in [0.1, 0.15) is 5.82 Å². The quantitative estimate of drug-likeness (QED) is 0.922. The van der Waals surface area contributed by atoms with E-state index in [1.807, 2.05) is 17.9 Å². The lowest BCUT2D eigenvalue weighted by Gasteiger charge is -2.31. The van der Waals surface area contributed by atoms with Crippen LogP contribution >= 0.6 is 11.6 Å². The van der Waals surface area contributed by atoms with Gasteiger partial charge in [-0.05, 0) is 32.8 Å². The molecule has 1 saturated heterocycles. The Balaban J connectivity index is 1.79. The molecule has 0 aromatic carbocycles. The van der Waals surface area contributed by atoms with Crippen molar-refractivity contribution < 1.29 is 4.79 Å². The van der Waals surface area contributed by atoms with Crippen molar-refractivity contribution in [2.24, 2.45) is 0 Å². The molecule has 22 heavy (non-hydrogen) atoms. The van der Waals surface area contributed by atoms with Crippen molar-refractivity contribution in [3.05, 3.63) is 40.2 Å². The Labute approximate surface area is 133 Å². The van der Waals surface area contributed by atoms with Crippen LogP contribution in [-0.4, -0.2) is 44.1 Å². The van der Waals surface area contributed by atoms with Gasteiger partial charge in [-0.2, -0.15) is 5.10 Å². The smallest absolute Gasteiger partial charge is 0.274 e. The van der Waals surface area contributed by atoms with Crippen molar-refractivity contribution in [1.82, 2.24) is 25.1 Å². The number of aromatic amines is 1. The van der Waals surface area contributed by atoms with Gasteiger partial charge in [-0.25, -0.2) is 9.97 Å². The van der Waals surface area contributed by atoms with Crippen molar-refractivity contribution in [3.8, 4) is 0 Å². The van der Waals surface area contributed by atoms with Gasteiger partial charge in [-0.1, -0.05) is 11.6 Å². The molecule has 0 saturated carbocycles. The fourth-order valence-corrected chi connectivity index (χ4v) is 2.98. The van der Waals surface area contributed by atoms with E-state index in [2.05, 4.69) is 20.2 Å². The molecule has 3 rings (SSSR count). The van der Waals surface area contributed by atoms with Gasteiger partial charge in [0.05, 0.1) is 16.9 Å². The lowest BCUT2D eigenvalue weighted by Crippen LogP contribution is -2.39. The average molecular weight is 320 g/mol. The SMILES string of the molecule is Cc1ncc(Cl)c(C(=O)N2CCCC(c3cc(C)[nH]n3)C2)n1. The molecular formula is C15H18ClN5O. The third-order valence-corrected chi connectivity index (χ3v) is 4.20. The molecule has 1 aliphatic heterocycles. The molecule has 2 aromatic rings. The van der Waals surface area contributed by atoms with E-state index in [9.17, 15) is 4.79 Å². The number of H-pyrrole nitrogens is 1. The summed E-state index contributed by atoms with van der Waals surface area (Å²) in [4.78, 5) is 22.7. The highest BCUT2D eigenvalue weighted by Crippen LogP contribution is 2.27. The number of aromatic nitrogens is 4. The first kappa shape index (κ1) is 15.0. The molecule has 116 valence electrons. The van der Waals surface area contributed by atoms with E-state index in [0.717, 1.165) is 30.8 Å². The van der Waals surface area contributed by atoms with E-state index in [4.69, 9.17) is 11.6 Å². The first-order valence-corrected chi connectivity index (χ1v) is 7.72. The summed E-state index contributed by atoms with van der Waals surface area (Å²) >= 11 is 6.08. The molecule has 0 radical (unpaired) electrons. The minimum Gasteiger partial charge on any atom is -0.337 e. The van der Waals surface area contributed by atoms with Crippen LogP contribution in [0, 0.1) is 13.8 Å². The Morgan fingerprint density at radius 2 is 2.27 bits per heavy atom. The average Bonchev–Trinajstić information content (AvgIpc) is 2.96. The maximum Gasteiger partial charge on any atom is 0.274 e.